The van der Waals surface area contributed by atoms with E-state index in [-0.39, 0.29) is 11.9 Å². The third-order valence-electron chi connectivity index (χ3n) is 4.04. The molecule has 2 N–H and O–H groups in total. The molecule has 136 valence electrons. The highest BCUT2D eigenvalue weighted by Gasteiger charge is 2.30. The lowest BCUT2D eigenvalue weighted by atomic mass is 10.2. The molecule has 0 heterocycles. The van der Waals surface area contributed by atoms with Gasteiger partial charge in [0.1, 0.15) is 5.75 Å². The van der Waals surface area contributed by atoms with Crippen LogP contribution in [0.3, 0.4) is 0 Å². The fourth-order valence-corrected chi connectivity index (χ4v) is 5.12. The molecular weight excluding hydrogens is 359 g/mol. The summed E-state index contributed by atoms with van der Waals surface area (Å²) in [5.74, 6) is -0.396. The van der Waals surface area contributed by atoms with Gasteiger partial charge in [-0.15, -0.1) is 0 Å². The molecule has 0 aromatic heterocycles. The van der Waals surface area contributed by atoms with Crippen molar-refractivity contribution < 1.29 is 14.5 Å². The van der Waals surface area contributed by atoms with Crippen molar-refractivity contribution in [2.24, 2.45) is 5.10 Å². The molecule has 0 unspecified atom stereocenters. The van der Waals surface area contributed by atoms with Crippen LogP contribution in [0.25, 0.3) is 0 Å². The second kappa shape index (κ2) is 8.47. The number of para-hydroxylation sites is 1. The Morgan fingerprint density at radius 2 is 1.41 bits per heavy atom. The van der Waals surface area contributed by atoms with Gasteiger partial charge in [0, 0.05) is 16.2 Å². The Bertz CT molecular complexity index is 945. The predicted octanol–water partition coefficient (Wildman–Crippen LogP) is 2.86. The summed E-state index contributed by atoms with van der Waals surface area (Å²) in [6, 6.07) is 24.6. The van der Waals surface area contributed by atoms with Gasteiger partial charge in [-0.1, -0.05) is 72.8 Å². The molecule has 0 bridgehead atoms. The summed E-state index contributed by atoms with van der Waals surface area (Å²) >= 11 is 0. The van der Waals surface area contributed by atoms with Gasteiger partial charge in [-0.05, 0) is 12.1 Å². The molecule has 3 aromatic carbocycles. The number of aromatic hydroxyl groups is 1. The molecule has 3 rings (SSSR count). The molecule has 0 radical (unpaired) electrons. The summed E-state index contributed by atoms with van der Waals surface area (Å²) < 4.78 is 13.8. The Labute approximate surface area is 157 Å². The number of carbonyl (C=O) groups is 1. The average Bonchev–Trinajstić information content (AvgIpc) is 2.71. The number of amides is 1. The summed E-state index contributed by atoms with van der Waals surface area (Å²) in [4.78, 5) is 12.4. The molecule has 1 amide bonds. The van der Waals surface area contributed by atoms with Crippen LogP contribution in [-0.4, -0.2) is 23.4 Å². The minimum absolute atomic E-state index is 0.0646. The quantitative estimate of drug-likeness (QED) is 0.393. The van der Waals surface area contributed by atoms with Gasteiger partial charge in [-0.3, -0.25) is 4.79 Å². The third-order valence-corrected chi connectivity index (χ3v) is 7.04. The third kappa shape index (κ3) is 4.52. The van der Waals surface area contributed by atoms with Crippen LogP contribution in [-0.2, 0) is 9.36 Å². The van der Waals surface area contributed by atoms with Crippen LogP contribution in [0.5, 0.6) is 5.75 Å². The minimum atomic E-state index is -3.14. The first kappa shape index (κ1) is 18.6. The van der Waals surface area contributed by atoms with Crippen LogP contribution >= 0.6 is 7.14 Å². The van der Waals surface area contributed by atoms with E-state index in [2.05, 4.69) is 10.5 Å². The van der Waals surface area contributed by atoms with Gasteiger partial charge in [0.15, 0.2) is 7.14 Å². The summed E-state index contributed by atoms with van der Waals surface area (Å²) in [6.45, 7) is 0. The highest BCUT2D eigenvalue weighted by molar-refractivity contribution is 7.79. The molecule has 0 saturated heterocycles. The lowest BCUT2D eigenvalue weighted by Crippen LogP contribution is -2.28. The molecule has 0 spiro atoms. The maximum absolute atomic E-state index is 13.8. The summed E-state index contributed by atoms with van der Waals surface area (Å²) in [6.07, 6.45) is 1.16. The number of phenolic OH excluding ortho intramolecular Hbond substituents is 1. The van der Waals surface area contributed by atoms with Crippen molar-refractivity contribution in [1.29, 1.82) is 0 Å². The van der Waals surface area contributed by atoms with Gasteiger partial charge in [-0.2, -0.15) is 5.10 Å². The molecule has 0 aliphatic rings. The largest absolute Gasteiger partial charge is 0.507 e. The molecular formula is C21H19N2O3P. The van der Waals surface area contributed by atoms with Crippen molar-refractivity contribution in [3.63, 3.8) is 0 Å². The second-order valence-electron chi connectivity index (χ2n) is 5.92. The zero-order valence-corrected chi connectivity index (χ0v) is 15.4. The lowest BCUT2D eigenvalue weighted by Gasteiger charge is -2.18. The van der Waals surface area contributed by atoms with Crippen molar-refractivity contribution in [2.45, 2.75) is 0 Å². The van der Waals surface area contributed by atoms with Crippen LogP contribution in [0.15, 0.2) is 90.0 Å². The molecule has 6 heteroatoms. The Balaban J connectivity index is 1.80. The molecule has 5 nitrogen and oxygen atoms in total. The smallest absolute Gasteiger partial charge is 0.248 e. The SMILES string of the molecule is O=C(CP(=O)(c1ccccc1)c1ccccc1)NN=Cc1ccccc1O. The van der Waals surface area contributed by atoms with Crippen molar-refractivity contribution in [1.82, 2.24) is 5.43 Å². The topological polar surface area (TPSA) is 78.8 Å². The molecule has 3 aromatic rings. The zero-order chi connectivity index (χ0) is 19.1. The first-order valence-electron chi connectivity index (χ1n) is 8.40. The maximum Gasteiger partial charge on any atom is 0.248 e. The summed E-state index contributed by atoms with van der Waals surface area (Å²) in [5.41, 5.74) is 2.88. The Morgan fingerprint density at radius 3 is 1.96 bits per heavy atom. The highest BCUT2D eigenvalue weighted by atomic mass is 31.2. The van der Waals surface area contributed by atoms with E-state index in [0.29, 0.717) is 16.2 Å². The van der Waals surface area contributed by atoms with Gasteiger partial charge < -0.3 is 9.67 Å². The number of hydrazone groups is 1. The van der Waals surface area contributed by atoms with Crippen molar-refractivity contribution in [2.75, 3.05) is 6.16 Å². The number of hydrogen-bond donors (Lipinski definition) is 2. The fraction of sp³-hybridized carbons (Fsp3) is 0.0476. The van der Waals surface area contributed by atoms with E-state index in [0.717, 1.165) is 0 Å². The number of nitrogens with zero attached hydrogens (tertiary/aromatic N) is 1. The Hall–Kier alpha value is -3.17. The van der Waals surface area contributed by atoms with E-state index < -0.39 is 13.0 Å². The van der Waals surface area contributed by atoms with Crippen LogP contribution in [0, 0.1) is 0 Å². The molecule has 0 atom stereocenters. The molecule has 0 saturated carbocycles. The number of benzene rings is 3. The Kier molecular flexibility index (Phi) is 5.84. The first-order chi connectivity index (χ1) is 13.1. The van der Waals surface area contributed by atoms with Gasteiger partial charge in [0.2, 0.25) is 5.91 Å². The lowest BCUT2D eigenvalue weighted by molar-refractivity contribution is -0.118. The van der Waals surface area contributed by atoms with Crippen LogP contribution in [0.4, 0.5) is 0 Å². The molecule has 27 heavy (non-hydrogen) atoms. The first-order valence-corrected chi connectivity index (χ1v) is 10.3. The minimum Gasteiger partial charge on any atom is -0.507 e. The number of hydrogen-bond acceptors (Lipinski definition) is 4. The molecule has 0 fully saturated rings. The van der Waals surface area contributed by atoms with E-state index in [4.69, 9.17) is 0 Å². The predicted molar refractivity (Wildman–Crippen MR) is 108 cm³/mol. The average molecular weight is 378 g/mol. The normalized spacial score (nSPS) is 11.4. The monoisotopic (exact) mass is 378 g/mol. The number of nitrogens with one attached hydrogen (secondary N) is 1. The van der Waals surface area contributed by atoms with Gasteiger partial charge in [0.05, 0.1) is 12.4 Å². The van der Waals surface area contributed by atoms with E-state index in [1.165, 1.54) is 12.3 Å². The van der Waals surface area contributed by atoms with Crippen molar-refractivity contribution in [3.05, 3.63) is 90.5 Å². The highest BCUT2D eigenvalue weighted by Crippen LogP contribution is 2.42. The summed E-state index contributed by atoms with van der Waals surface area (Å²) in [7, 11) is -3.14. The Morgan fingerprint density at radius 1 is 0.889 bits per heavy atom. The van der Waals surface area contributed by atoms with E-state index in [9.17, 15) is 14.5 Å². The van der Waals surface area contributed by atoms with E-state index in [1.54, 1.807) is 66.7 Å². The number of carbonyl (C=O) groups excluding carboxylic acids is 1. The maximum atomic E-state index is 13.8. The van der Waals surface area contributed by atoms with Crippen LogP contribution < -0.4 is 16.0 Å². The van der Waals surface area contributed by atoms with Crippen molar-refractivity contribution >= 4 is 29.9 Å². The van der Waals surface area contributed by atoms with Gasteiger partial charge >= 0.3 is 0 Å². The van der Waals surface area contributed by atoms with Crippen molar-refractivity contribution in [3.8, 4) is 5.75 Å². The van der Waals surface area contributed by atoms with Gasteiger partial charge in [-0.25, -0.2) is 5.43 Å². The van der Waals surface area contributed by atoms with E-state index >= 15 is 0 Å². The standard InChI is InChI=1S/C21H19N2O3P/c24-20-14-8-7-9-17(20)15-22-23-21(25)16-27(26,18-10-3-1-4-11-18)19-12-5-2-6-13-19/h1-15,24H,16H2,(H,23,25). The number of phenols is 1. The second-order valence-corrected chi connectivity index (χ2v) is 8.75. The van der Waals surface area contributed by atoms with Gasteiger partial charge in [0.25, 0.3) is 0 Å². The summed E-state index contributed by atoms with van der Waals surface area (Å²) in [5, 5.41) is 14.8. The fourth-order valence-electron chi connectivity index (χ4n) is 2.68. The van der Waals surface area contributed by atoms with Crippen LogP contribution in [0.2, 0.25) is 0 Å². The zero-order valence-electron chi connectivity index (χ0n) is 14.5. The molecule has 0 aliphatic carbocycles. The molecule has 0 aliphatic heterocycles. The number of rotatable bonds is 6. The van der Waals surface area contributed by atoms with Crippen LogP contribution in [0.1, 0.15) is 5.56 Å². The van der Waals surface area contributed by atoms with E-state index in [1.807, 2.05) is 12.1 Å².